The fourth-order valence-corrected chi connectivity index (χ4v) is 6.35. The fourth-order valence-electron chi connectivity index (χ4n) is 6.35. The number of halogens is 3. The summed E-state index contributed by atoms with van der Waals surface area (Å²) in [5.41, 5.74) is 2.77. The minimum atomic E-state index is -4.41. The molecule has 0 bridgehead atoms. The van der Waals surface area contributed by atoms with E-state index in [1.54, 1.807) is 60.5 Å². The van der Waals surface area contributed by atoms with Gasteiger partial charge in [-0.3, -0.25) is 34.4 Å². The molecular formula is C44H47F3N6O6. The van der Waals surface area contributed by atoms with Gasteiger partial charge in [-0.15, -0.1) is 0 Å². The van der Waals surface area contributed by atoms with Crippen LogP contribution in [0.3, 0.4) is 0 Å². The zero-order chi connectivity index (χ0) is 42.5. The second-order valence-electron chi connectivity index (χ2n) is 14.1. The third kappa shape index (κ3) is 12.3. The first-order chi connectivity index (χ1) is 28.3. The first kappa shape index (κ1) is 43.8. The molecule has 1 aliphatic heterocycles. The zero-order valence-corrected chi connectivity index (χ0v) is 33.3. The first-order valence-electron chi connectivity index (χ1n) is 18.9. The summed E-state index contributed by atoms with van der Waals surface area (Å²) >= 11 is 0. The predicted molar refractivity (Wildman–Crippen MR) is 219 cm³/mol. The molecule has 0 radical (unpaired) electrons. The lowest BCUT2D eigenvalue weighted by molar-refractivity contribution is -0.137. The van der Waals surface area contributed by atoms with Crippen LogP contribution in [0.4, 0.5) is 18.9 Å². The van der Waals surface area contributed by atoms with Crippen LogP contribution in [-0.4, -0.2) is 93.2 Å². The summed E-state index contributed by atoms with van der Waals surface area (Å²) in [6.07, 6.45) is -3.13. The van der Waals surface area contributed by atoms with Gasteiger partial charge in [0.2, 0.25) is 12.3 Å². The van der Waals surface area contributed by atoms with E-state index in [9.17, 15) is 32.3 Å². The summed E-state index contributed by atoms with van der Waals surface area (Å²) in [5, 5.41) is 6.63. The lowest BCUT2D eigenvalue weighted by Gasteiger charge is -2.32. The number of nitrogens with zero attached hydrogens (tertiary/aromatic N) is 4. The van der Waals surface area contributed by atoms with Crippen LogP contribution in [0.25, 0.3) is 10.8 Å². The third-order valence-corrected chi connectivity index (χ3v) is 9.76. The van der Waals surface area contributed by atoms with Gasteiger partial charge in [-0.25, -0.2) is 0 Å². The normalized spacial score (nSPS) is 13.7. The second-order valence-corrected chi connectivity index (χ2v) is 14.1. The van der Waals surface area contributed by atoms with E-state index in [2.05, 4.69) is 27.5 Å². The Morgan fingerprint density at radius 2 is 1.64 bits per heavy atom. The molecule has 3 amide bonds. The average molecular weight is 813 g/mol. The highest BCUT2D eigenvalue weighted by molar-refractivity contribution is 6.00. The van der Waals surface area contributed by atoms with Gasteiger partial charge in [0.05, 0.1) is 35.8 Å². The number of likely N-dealkylation sites (N-methyl/N-ethyl adjacent to an activating group) is 1. The molecule has 1 unspecified atom stereocenters. The number of hydrogen-bond acceptors (Lipinski definition) is 10. The number of piperazine rings is 1. The summed E-state index contributed by atoms with van der Waals surface area (Å²) in [4.78, 5) is 56.5. The van der Waals surface area contributed by atoms with E-state index >= 15 is 0 Å². The molecule has 1 aromatic heterocycles. The number of hydrogen-bond donors (Lipinski definition) is 2. The van der Waals surface area contributed by atoms with Crippen molar-refractivity contribution < 1.29 is 41.8 Å². The van der Waals surface area contributed by atoms with Gasteiger partial charge in [0.1, 0.15) is 23.5 Å². The molecule has 1 aliphatic rings. The van der Waals surface area contributed by atoms with Crippen LogP contribution >= 0.6 is 0 Å². The molecule has 1 saturated heterocycles. The largest absolute Gasteiger partial charge is 0.495 e. The van der Waals surface area contributed by atoms with Gasteiger partial charge in [-0.2, -0.15) is 13.2 Å². The zero-order valence-electron chi connectivity index (χ0n) is 33.3. The van der Waals surface area contributed by atoms with Crippen LogP contribution in [0.1, 0.15) is 57.1 Å². The summed E-state index contributed by atoms with van der Waals surface area (Å²) < 4.78 is 49.7. The molecule has 1 fully saturated rings. The van der Waals surface area contributed by atoms with Gasteiger partial charge in [-0.05, 0) is 98.2 Å². The summed E-state index contributed by atoms with van der Waals surface area (Å²) in [7, 11) is 5.44. The smallest absolute Gasteiger partial charge is 0.416 e. The van der Waals surface area contributed by atoms with Crippen molar-refractivity contribution in [3.63, 3.8) is 0 Å². The predicted octanol–water partition coefficient (Wildman–Crippen LogP) is 6.89. The monoisotopic (exact) mass is 812 g/mol. The summed E-state index contributed by atoms with van der Waals surface area (Å²) in [6.45, 7) is 7.20. The third-order valence-electron chi connectivity index (χ3n) is 9.76. The molecule has 0 aliphatic carbocycles. The van der Waals surface area contributed by atoms with Crippen molar-refractivity contribution in [3.05, 3.63) is 125 Å². The highest BCUT2D eigenvalue weighted by Gasteiger charge is 2.30. The second kappa shape index (κ2) is 20.4. The van der Waals surface area contributed by atoms with E-state index in [0.717, 1.165) is 73.3 Å². The number of anilines is 1. The number of carbonyl (C=O) groups is 4. The van der Waals surface area contributed by atoms with Gasteiger partial charge in [-0.1, -0.05) is 18.2 Å². The number of aromatic nitrogens is 1. The van der Waals surface area contributed by atoms with Crippen LogP contribution in [0.15, 0.2) is 97.1 Å². The number of methoxy groups -OCH3 is 1. The van der Waals surface area contributed by atoms with Crippen LogP contribution in [0.2, 0.25) is 0 Å². The van der Waals surface area contributed by atoms with Crippen molar-refractivity contribution in [2.75, 3.05) is 58.8 Å². The molecule has 2 heterocycles. The highest BCUT2D eigenvalue weighted by atomic mass is 19.4. The number of alkyl halides is 3. The average Bonchev–Trinajstić information content (AvgIpc) is 3.23. The van der Waals surface area contributed by atoms with Crippen LogP contribution in [0, 0.1) is 0 Å². The Labute approximate surface area is 340 Å². The molecule has 0 saturated carbocycles. The molecule has 12 nitrogen and oxygen atoms in total. The number of carbonyl (C=O) groups excluding carboxylic acids is 4. The molecule has 5 aromatic rings. The quantitative estimate of drug-likeness (QED) is 0.114. The van der Waals surface area contributed by atoms with E-state index in [0.29, 0.717) is 47.0 Å². The Morgan fingerprint density at radius 3 is 2.32 bits per heavy atom. The Balaban J connectivity index is 0.000000293. The maximum absolute atomic E-state index is 13.1. The maximum Gasteiger partial charge on any atom is 0.416 e. The highest BCUT2D eigenvalue weighted by Crippen LogP contribution is 2.34. The standard InChI is InChI=1S/C31H31F3N4O2.C13H16N2O4/c1-21(28-7-4-6-25(36-28)20-38-17-15-37(2)16-18-38)35-30(39)23-9-14-27-22(19-23)5-3-8-29(27)40-26-12-10-24(11-13-26)31(32,33)34;1-15(6-5-13(18)14-9-17)11-7-10(8-16)3-4-12(11)19-2/h3-14,19,21H,15-18,20H2,1-2H3,(H,35,39);3-4,7-9H,5-6H2,1-2H3,(H,14,17,18). The summed E-state index contributed by atoms with van der Waals surface area (Å²) in [5.74, 6) is 0.809. The minimum Gasteiger partial charge on any atom is -0.495 e. The Bertz CT molecular complexity index is 2230. The van der Waals surface area contributed by atoms with Crippen molar-refractivity contribution in [3.8, 4) is 17.2 Å². The Kier molecular flexibility index (Phi) is 15.1. The van der Waals surface area contributed by atoms with Crippen LogP contribution in [0.5, 0.6) is 17.2 Å². The van der Waals surface area contributed by atoms with Gasteiger partial charge < -0.3 is 24.6 Å². The fraction of sp³-hybridized carbons (Fsp3) is 0.295. The molecule has 0 spiro atoms. The number of imide groups is 1. The van der Waals surface area contributed by atoms with Crippen molar-refractivity contribution in [1.29, 1.82) is 0 Å². The molecule has 1 atom stereocenters. The summed E-state index contributed by atoms with van der Waals surface area (Å²) in [6, 6.07) is 25.9. The van der Waals surface area contributed by atoms with Crippen molar-refractivity contribution in [2.24, 2.45) is 0 Å². The van der Waals surface area contributed by atoms with E-state index in [-0.39, 0.29) is 24.3 Å². The SMILES string of the molecule is CC(NC(=O)c1ccc2c(Oc3ccc(C(F)(F)F)cc3)cccc2c1)c1cccc(CN2CCN(C)CC2)n1.COc1ccc(C=O)cc1N(C)CCC(=O)NC=O. The lowest BCUT2D eigenvalue weighted by Crippen LogP contribution is -2.44. The molecule has 6 rings (SSSR count). The van der Waals surface area contributed by atoms with Crippen molar-refractivity contribution in [1.82, 2.24) is 25.4 Å². The number of ether oxygens (including phenoxy) is 2. The van der Waals surface area contributed by atoms with Gasteiger partial charge in [0.25, 0.3) is 5.91 Å². The number of amides is 3. The molecule has 15 heteroatoms. The first-order valence-corrected chi connectivity index (χ1v) is 18.9. The Morgan fingerprint density at radius 1 is 0.915 bits per heavy atom. The molecule has 2 N–H and O–H groups in total. The van der Waals surface area contributed by atoms with E-state index < -0.39 is 11.7 Å². The van der Waals surface area contributed by atoms with E-state index in [4.69, 9.17) is 14.5 Å². The van der Waals surface area contributed by atoms with Gasteiger partial charge in [0, 0.05) is 69.3 Å². The van der Waals surface area contributed by atoms with Crippen molar-refractivity contribution >= 4 is 41.0 Å². The van der Waals surface area contributed by atoms with Gasteiger partial charge >= 0.3 is 6.18 Å². The number of aldehydes is 1. The van der Waals surface area contributed by atoms with Crippen LogP contribution in [-0.2, 0) is 22.3 Å². The molecular weight excluding hydrogens is 766 g/mol. The van der Waals surface area contributed by atoms with E-state index in [1.807, 2.05) is 31.2 Å². The lowest BCUT2D eigenvalue weighted by atomic mass is 10.1. The number of fused-ring (bicyclic) bond motifs is 1. The minimum absolute atomic E-state index is 0.170. The van der Waals surface area contributed by atoms with E-state index in [1.165, 1.54) is 19.2 Å². The van der Waals surface area contributed by atoms with Crippen molar-refractivity contribution in [2.45, 2.75) is 32.1 Å². The maximum atomic E-state index is 13.1. The number of pyridine rings is 1. The number of nitrogens with one attached hydrogen (secondary N) is 2. The molecule has 310 valence electrons. The van der Waals surface area contributed by atoms with Gasteiger partial charge in [0.15, 0.2) is 0 Å². The number of benzene rings is 4. The topological polar surface area (TPSA) is 133 Å². The Hall–Kier alpha value is -6.32. The number of rotatable bonds is 14. The van der Waals surface area contributed by atoms with Crippen LogP contribution < -0.4 is 25.0 Å². The molecule has 4 aromatic carbocycles. The molecule has 59 heavy (non-hydrogen) atoms.